The third-order valence-corrected chi connectivity index (χ3v) is 3.29. The predicted molar refractivity (Wildman–Crippen MR) is 48.0 cm³/mol. The van der Waals surface area contributed by atoms with Crippen molar-refractivity contribution in [2.24, 2.45) is 5.14 Å². The second-order valence-corrected chi connectivity index (χ2v) is 4.66. The number of H-pyrrole nitrogens is 1. The van der Waals surface area contributed by atoms with E-state index in [2.05, 4.69) is 4.98 Å². The number of hydrogen-bond donors (Lipinski definition) is 2. The van der Waals surface area contributed by atoms with Crippen LogP contribution >= 0.6 is 0 Å². The lowest BCUT2D eigenvalue weighted by atomic mass is 10.1. The Labute approximate surface area is 76.7 Å². The molecule has 0 amide bonds. The maximum Gasteiger partial charge on any atom is 0.277 e. The molecule has 0 unspecified atom stereocenters. The molecule has 1 aliphatic rings. The van der Waals surface area contributed by atoms with E-state index < -0.39 is 10.2 Å². The minimum Gasteiger partial charge on any atom is -0.364 e. The van der Waals surface area contributed by atoms with Crippen LogP contribution in [0.3, 0.4) is 0 Å². The average molecular weight is 201 g/mol. The summed E-state index contributed by atoms with van der Waals surface area (Å²) in [6, 6.07) is 1.97. The van der Waals surface area contributed by atoms with E-state index in [0.717, 1.165) is 12.1 Å². The van der Waals surface area contributed by atoms with Gasteiger partial charge in [0.1, 0.15) is 0 Å². The monoisotopic (exact) mass is 201 g/mol. The maximum atomic E-state index is 11.0. The Morgan fingerprint density at radius 3 is 3.00 bits per heavy atom. The van der Waals surface area contributed by atoms with E-state index in [1.807, 2.05) is 12.3 Å². The first-order valence-electron chi connectivity index (χ1n) is 4.00. The highest BCUT2D eigenvalue weighted by molar-refractivity contribution is 7.86. The summed E-state index contributed by atoms with van der Waals surface area (Å²) in [5.41, 5.74) is 2.13. The minimum absolute atomic E-state index is 0.362. The van der Waals surface area contributed by atoms with E-state index in [-0.39, 0.29) is 0 Å². The first-order valence-corrected chi connectivity index (χ1v) is 5.51. The zero-order chi connectivity index (χ0) is 9.47. The van der Waals surface area contributed by atoms with Crippen molar-refractivity contribution in [1.82, 2.24) is 9.29 Å². The molecule has 6 heteroatoms. The van der Waals surface area contributed by atoms with E-state index in [4.69, 9.17) is 5.14 Å². The van der Waals surface area contributed by atoms with Gasteiger partial charge in [0, 0.05) is 18.4 Å². The SMILES string of the molecule is NS(=O)(=O)N1CCc2cc[nH]c2C1. The summed E-state index contributed by atoms with van der Waals surface area (Å²) in [5, 5.41) is 5.02. The molecule has 5 nitrogen and oxygen atoms in total. The van der Waals surface area contributed by atoms with E-state index in [0.29, 0.717) is 13.1 Å². The lowest BCUT2D eigenvalue weighted by Crippen LogP contribution is -2.40. The summed E-state index contributed by atoms with van der Waals surface area (Å²) >= 11 is 0. The van der Waals surface area contributed by atoms with Gasteiger partial charge in [-0.25, -0.2) is 5.14 Å². The van der Waals surface area contributed by atoms with Crippen molar-refractivity contribution in [3.63, 3.8) is 0 Å². The third kappa shape index (κ3) is 1.60. The zero-order valence-electron chi connectivity index (χ0n) is 7.03. The third-order valence-electron chi connectivity index (χ3n) is 2.25. The van der Waals surface area contributed by atoms with Crippen molar-refractivity contribution in [2.45, 2.75) is 13.0 Å². The number of aromatic amines is 1. The highest BCUT2D eigenvalue weighted by atomic mass is 32.2. The van der Waals surface area contributed by atoms with E-state index >= 15 is 0 Å². The molecule has 0 aromatic carbocycles. The van der Waals surface area contributed by atoms with Gasteiger partial charge < -0.3 is 4.98 Å². The van der Waals surface area contributed by atoms with Crippen LogP contribution in [0.1, 0.15) is 11.3 Å². The molecule has 0 saturated heterocycles. The quantitative estimate of drug-likeness (QED) is 0.647. The van der Waals surface area contributed by atoms with Crippen molar-refractivity contribution in [2.75, 3.05) is 6.54 Å². The Bertz CT molecular complexity index is 409. The molecular formula is C7H11N3O2S. The smallest absolute Gasteiger partial charge is 0.277 e. The number of nitrogens with zero attached hydrogens (tertiary/aromatic N) is 1. The predicted octanol–water partition coefficient (Wildman–Crippen LogP) is -0.424. The molecule has 0 aliphatic carbocycles. The zero-order valence-corrected chi connectivity index (χ0v) is 7.84. The second-order valence-electron chi connectivity index (χ2n) is 3.11. The molecule has 1 aliphatic heterocycles. The Hall–Kier alpha value is -0.850. The highest BCUT2D eigenvalue weighted by Crippen LogP contribution is 2.17. The Kier molecular flexibility index (Phi) is 1.90. The van der Waals surface area contributed by atoms with Gasteiger partial charge in [0.25, 0.3) is 10.2 Å². The van der Waals surface area contributed by atoms with Crippen molar-refractivity contribution in [3.05, 3.63) is 23.5 Å². The van der Waals surface area contributed by atoms with Gasteiger partial charge in [-0.05, 0) is 18.1 Å². The summed E-state index contributed by atoms with van der Waals surface area (Å²) < 4.78 is 23.3. The number of fused-ring (bicyclic) bond motifs is 1. The highest BCUT2D eigenvalue weighted by Gasteiger charge is 2.23. The fourth-order valence-electron chi connectivity index (χ4n) is 1.54. The fraction of sp³-hybridized carbons (Fsp3) is 0.429. The lowest BCUT2D eigenvalue weighted by molar-refractivity contribution is 0.388. The average Bonchev–Trinajstić information content (AvgIpc) is 2.47. The molecule has 1 aromatic rings. The lowest BCUT2D eigenvalue weighted by Gasteiger charge is -2.23. The van der Waals surface area contributed by atoms with E-state index in [1.165, 1.54) is 9.87 Å². The molecule has 2 rings (SSSR count). The van der Waals surface area contributed by atoms with Crippen LogP contribution in [0.25, 0.3) is 0 Å². The molecule has 0 bridgehead atoms. The normalized spacial score (nSPS) is 18.5. The van der Waals surface area contributed by atoms with Gasteiger partial charge in [-0.15, -0.1) is 0 Å². The number of hydrogen-bond acceptors (Lipinski definition) is 2. The van der Waals surface area contributed by atoms with Crippen LogP contribution in [0.15, 0.2) is 12.3 Å². The van der Waals surface area contributed by atoms with Crippen LogP contribution in [0, 0.1) is 0 Å². The molecule has 0 radical (unpaired) electrons. The second kappa shape index (κ2) is 2.83. The van der Waals surface area contributed by atoms with Crippen molar-refractivity contribution < 1.29 is 8.42 Å². The summed E-state index contributed by atoms with van der Waals surface area (Å²) in [7, 11) is -3.53. The summed E-state index contributed by atoms with van der Waals surface area (Å²) in [6.07, 6.45) is 2.55. The van der Waals surface area contributed by atoms with E-state index in [1.54, 1.807) is 0 Å². The molecule has 0 atom stereocenters. The van der Waals surface area contributed by atoms with Gasteiger partial charge in [-0.1, -0.05) is 0 Å². The van der Waals surface area contributed by atoms with Crippen LogP contribution in [-0.4, -0.2) is 24.3 Å². The minimum atomic E-state index is -3.53. The Morgan fingerprint density at radius 1 is 1.54 bits per heavy atom. The van der Waals surface area contributed by atoms with Crippen LogP contribution in [0.5, 0.6) is 0 Å². The first-order chi connectivity index (χ1) is 6.07. The summed E-state index contributed by atoms with van der Waals surface area (Å²) in [5.74, 6) is 0. The summed E-state index contributed by atoms with van der Waals surface area (Å²) in [6.45, 7) is 0.838. The van der Waals surface area contributed by atoms with Crippen molar-refractivity contribution in [3.8, 4) is 0 Å². The molecule has 0 spiro atoms. The molecule has 0 saturated carbocycles. The van der Waals surface area contributed by atoms with Gasteiger partial charge in [-0.2, -0.15) is 12.7 Å². The molecule has 3 N–H and O–H groups in total. The number of nitrogens with one attached hydrogen (secondary N) is 1. The Balaban J connectivity index is 2.27. The number of rotatable bonds is 1. The van der Waals surface area contributed by atoms with Crippen molar-refractivity contribution in [1.29, 1.82) is 0 Å². The topological polar surface area (TPSA) is 79.2 Å². The van der Waals surface area contributed by atoms with Gasteiger partial charge in [0.2, 0.25) is 0 Å². The molecule has 0 fully saturated rings. The number of nitrogens with two attached hydrogens (primary N) is 1. The molecular weight excluding hydrogens is 190 g/mol. The van der Waals surface area contributed by atoms with Crippen molar-refractivity contribution >= 4 is 10.2 Å². The standard InChI is InChI=1S/C7H11N3O2S/c8-13(11,12)10-4-2-6-1-3-9-7(6)5-10/h1,3,9H,2,4-5H2,(H2,8,11,12). The van der Waals surface area contributed by atoms with E-state index in [9.17, 15) is 8.42 Å². The Morgan fingerprint density at radius 2 is 2.31 bits per heavy atom. The van der Waals surface area contributed by atoms with Crippen LogP contribution in [0.4, 0.5) is 0 Å². The van der Waals surface area contributed by atoms with Crippen LogP contribution < -0.4 is 5.14 Å². The van der Waals surface area contributed by atoms with Crippen LogP contribution in [-0.2, 0) is 23.2 Å². The molecule has 2 heterocycles. The maximum absolute atomic E-state index is 11.0. The molecule has 13 heavy (non-hydrogen) atoms. The molecule has 72 valence electrons. The van der Waals surface area contributed by atoms with Gasteiger partial charge in [-0.3, -0.25) is 0 Å². The largest absolute Gasteiger partial charge is 0.364 e. The number of aromatic nitrogens is 1. The summed E-state index contributed by atoms with van der Waals surface area (Å²) in [4.78, 5) is 3.00. The van der Waals surface area contributed by atoms with Gasteiger partial charge in [0.05, 0.1) is 6.54 Å². The molecule has 1 aromatic heterocycles. The van der Waals surface area contributed by atoms with Gasteiger partial charge >= 0.3 is 0 Å². The first kappa shape index (κ1) is 8.74. The fourth-order valence-corrected chi connectivity index (χ4v) is 2.19. The van der Waals surface area contributed by atoms with Gasteiger partial charge in [0.15, 0.2) is 0 Å². The van der Waals surface area contributed by atoms with Crippen LogP contribution in [0.2, 0.25) is 0 Å².